The number of hydrogen-bond donors (Lipinski definition) is 1. The summed E-state index contributed by atoms with van der Waals surface area (Å²) in [6, 6.07) is 23.9. The molecule has 3 aromatic rings. The van der Waals surface area contributed by atoms with E-state index in [2.05, 4.69) is 24.3 Å². The molecule has 1 N–H and O–H groups in total. The molecule has 128 valence electrons. The molecule has 0 heterocycles. The Bertz CT molecular complexity index is 919. The monoisotopic (exact) mass is 372 g/mol. The lowest BCUT2D eigenvalue weighted by atomic mass is 9.93. The third kappa shape index (κ3) is 4.52. The average molecular weight is 373 g/mol. The van der Waals surface area contributed by atoms with Crippen molar-refractivity contribution in [2.24, 2.45) is 0 Å². The quantitative estimate of drug-likeness (QED) is 0.561. The Hall–Kier alpha value is -2.06. The van der Waals surface area contributed by atoms with Crippen LogP contribution in [0.3, 0.4) is 0 Å². The van der Waals surface area contributed by atoms with Crippen LogP contribution in [0.2, 0.25) is 0 Å². The van der Waals surface area contributed by atoms with Gasteiger partial charge >= 0.3 is 6.95 Å². The molecule has 0 aliphatic heterocycles. The summed E-state index contributed by atoms with van der Waals surface area (Å²) in [5.74, 6) is 0.329. The van der Waals surface area contributed by atoms with Gasteiger partial charge in [-0.3, -0.25) is 0 Å². The Morgan fingerprint density at radius 1 is 0.920 bits per heavy atom. The molecule has 1 atom stereocenters. The second kappa shape index (κ2) is 7.45. The van der Waals surface area contributed by atoms with E-state index in [0.29, 0.717) is 12.2 Å². The van der Waals surface area contributed by atoms with Gasteiger partial charge in [0.2, 0.25) is 0 Å². The molecule has 0 saturated heterocycles. The van der Waals surface area contributed by atoms with Gasteiger partial charge in [-0.25, -0.2) is 4.57 Å². The maximum Gasteiger partial charge on any atom is 0.474 e. The highest BCUT2D eigenvalue weighted by Gasteiger charge is 2.18. The van der Waals surface area contributed by atoms with Gasteiger partial charge in [0, 0.05) is 11.2 Å². The molecule has 0 saturated carbocycles. The Labute approximate surface area is 152 Å². The molecular formula is C20H18ClO3P. The normalized spacial score (nSPS) is 13.2. The van der Waals surface area contributed by atoms with Crippen molar-refractivity contribution in [3.05, 3.63) is 89.5 Å². The molecule has 0 bridgehead atoms. The Kier molecular flexibility index (Phi) is 5.29. The van der Waals surface area contributed by atoms with Crippen molar-refractivity contribution >= 4 is 18.2 Å². The van der Waals surface area contributed by atoms with Crippen LogP contribution in [0.15, 0.2) is 72.8 Å². The van der Waals surface area contributed by atoms with Crippen LogP contribution in [0, 0.1) is 6.92 Å². The Morgan fingerprint density at radius 2 is 1.56 bits per heavy atom. The molecule has 0 fully saturated rings. The minimum Gasteiger partial charge on any atom is -0.413 e. The van der Waals surface area contributed by atoms with E-state index in [0.717, 1.165) is 16.7 Å². The summed E-state index contributed by atoms with van der Waals surface area (Å²) >= 11 is 5.35. The molecule has 3 aromatic carbocycles. The van der Waals surface area contributed by atoms with Crippen LogP contribution in [0.5, 0.6) is 5.75 Å². The highest BCUT2D eigenvalue weighted by Crippen LogP contribution is 2.48. The van der Waals surface area contributed by atoms with E-state index < -0.39 is 6.95 Å². The molecule has 25 heavy (non-hydrogen) atoms. The van der Waals surface area contributed by atoms with Gasteiger partial charge in [0.25, 0.3) is 0 Å². The van der Waals surface area contributed by atoms with Gasteiger partial charge in [0.05, 0.1) is 0 Å². The van der Waals surface area contributed by atoms with E-state index in [1.165, 1.54) is 11.1 Å². The highest BCUT2D eigenvalue weighted by atomic mass is 35.7. The van der Waals surface area contributed by atoms with Crippen LogP contribution in [-0.2, 0) is 11.0 Å². The first-order valence-corrected chi connectivity index (χ1v) is 10.4. The fraction of sp³-hybridized carbons (Fsp3) is 0.100. The zero-order chi connectivity index (χ0) is 17.9. The smallest absolute Gasteiger partial charge is 0.413 e. The van der Waals surface area contributed by atoms with Crippen LogP contribution in [0.1, 0.15) is 16.7 Å². The maximum atomic E-state index is 11.3. The van der Waals surface area contributed by atoms with Crippen LogP contribution >= 0.6 is 18.2 Å². The van der Waals surface area contributed by atoms with E-state index in [1.54, 1.807) is 12.1 Å². The maximum absolute atomic E-state index is 11.3. The molecule has 3 nitrogen and oxygen atoms in total. The van der Waals surface area contributed by atoms with Gasteiger partial charge in [-0.05, 0) is 47.2 Å². The molecule has 3 rings (SSSR count). The lowest BCUT2D eigenvalue weighted by Crippen LogP contribution is -1.97. The molecule has 0 spiro atoms. The van der Waals surface area contributed by atoms with Crippen molar-refractivity contribution in [2.45, 2.75) is 13.3 Å². The van der Waals surface area contributed by atoms with Gasteiger partial charge < -0.3 is 9.42 Å². The lowest BCUT2D eigenvalue weighted by molar-refractivity contribution is 0.399. The molecule has 0 radical (unpaired) electrons. The standard InChI is InChI=1S/C20H18ClO3P/c1-15-17(11-7-13-20(15)24-25(21,22)23)14-18-10-5-6-12-19(18)16-8-3-2-4-9-16/h2-13H,14H2,1H3,(H,22,23). The van der Waals surface area contributed by atoms with Crippen LogP contribution in [0.4, 0.5) is 0 Å². The lowest BCUT2D eigenvalue weighted by Gasteiger charge is -2.15. The van der Waals surface area contributed by atoms with Crippen molar-refractivity contribution in [1.29, 1.82) is 0 Å². The van der Waals surface area contributed by atoms with Crippen LogP contribution in [0.25, 0.3) is 11.1 Å². The average Bonchev–Trinajstić information content (AvgIpc) is 2.59. The number of hydrogen-bond acceptors (Lipinski definition) is 2. The predicted molar refractivity (Wildman–Crippen MR) is 102 cm³/mol. The predicted octanol–water partition coefficient (Wildman–Crippen LogP) is 5.97. The number of rotatable bonds is 5. The topological polar surface area (TPSA) is 46.5 Å². The van der Waals surface area contributed by atoms with Crippen molar-refractivity contribution in [2.75, 3.05) is 0 Å². The summed E-state index contributed by atoms with van der Waals surface area (Å²) in [7, 11) is 0. The minimum atomic E-state index is -4.10. The zero-order valence-corrected chi connectivity index (χ0v) is 15.4. The Morgan fingerprint density at radius 3 is 2.28 bits per heavy atom. The first kappa shape index (κ1) is 17.8. The molecular weight excluding hydrogens is 355 g/mol. The summed E-state index contributed by atoms with van der Waals surface area (Å²) in [4.78, 5) is 9.27. The van der Waals surface area contributed by atoms with Crippen molar-refractivity contribution < 1.29 is 14.0 Å². The van der Waals surface area contributed by atoms with Gasteiger partial charge in [0.1, 0.15) is 5.75 Å². The molecule has 0 aromatic heterocycles. The number of halogens is 1. The van der Waals surface area contributed by atoms with E-state index in [-0.39, 0.29) is 0 Å². The molecule has 0 aliphatic carbocycles. The first-order chi connectivity index (χ1) is 11.9. The molecule has 0 aliphatic rings. The molecule has 1 unspecified atom stereocenters. The van der Waals surface area contributed by atoms with E-state index in [1.807, 2.05) is 43.3 Å². The summed E-state index contributed by atoms with van der Waals surface area (Å²) in [5.41, 5.74) is 5.32. The highest BCUT2D eigenvalue weighted by molar-refractivity contribution is 7.80. The van der Waals surface area contributed by atoms with Crippen molar-refractivity contribution in [3.63, 3.8) is 0 Å². The van der Waals surface area contributed by atoms with Crippen molar-refractivity contribution in [1.82, 2.24) is 0 Å². The number of benzene rings is 3. The van der Waals surface area contributed by atoms with E-state index >= 15 is 0 Å². The van der Waals surface area contributed by atoms with E-state index in [4.69, 9.17) is 15.8 Å². The summed E-state index contributed by atoms with van der Waals surface area (Å²) in [6.07, 6.45) is 0.687. The van der Waals surface area contributed by atoms with Gasteiger partial charge in [0.15, 0.2) is 0 Å². The fourth-order valence-electron chi connectivity index (χ4n) is 2.85. The largest absolute Gasteiger partial charge is 0.474 e. The minimum absolute atomic E-state index is 0.329. The summed E-state index contributed by atoms with van der Waals surface area (Å²) < 4.78 is 16.3. The summed E-state index contributed by atoms with van der Waals surface area (Å²) in [5, 5.41) is 0. The second-order valence-corrected chi connectivity index (χ2v) is 8.15. The zero-order valence-electron chi connectivity index (χ0n) is 13.7. The first-order valence-electron chi connectivity index (χ1n) is 7.88. The van der Waals surface area contributed by atoms with Gasteiger partial charge in [-0.2, -0.15) is 0 Å². The van der Waals surface area contributed by atoms with Gasteiger partial charge in [-0.15, -0.1) is 0 Å². The third-order valence-corrected chi connectivity index (χ3v) is 4.72. The van der Waals surface area contributed by atoms with Crippen molar-refractivity contribution in [3.8, 4) is 16.9 Å². The van der Waals surface area contributed by atoms with Crippen LogP contribution in [-0.4, -0.2) is 4.89 Å². The van der Waals surface area contributed by atoms with Gasteiger partial charge in [-0.1, -0.05) is 66.7 Å². The second-order valence-electron chi connectivity index (χ2n) is 5.78. The Balaban J connectivity index is 1.97. The fourth-order valence-corrected chi connectivity index (χ4v) is 3.51. The van der Waals surface area contributed by atoms with E-state index in [9.17, 15) is 9.46 Å². The summed E-state index contributed by atoms with van der Waals surface area (Å²) in [6.45, 7) is -2.24. The van der Waals surface area contributed by atoms with Crippen LogP contribution < -0.4 is 4.52 Å². The third-order valence-electron chi connectivity index (χ3n) is 4.09. The SMILES string of the molecule is Cc1c(Cc2ccccc2-c2ccccc2)cccc1OP(=O)(O)Cl. The molecule has 5 heteroatoms. The molecule has 0 amide bonds.